The van der Waals surface area contributed by atoms with Crippen LogP contribution in [-0.2, 0) is 14.3 Å². The SMILES string of the molecule is CN(C)c1cc2sc3cc(/C=C(\C#N)C(=O)NCCOCCOCCCCCCCl)sc3c2s1. The number of unbranched alkanes of at least 4 members (excludes halogenated alkanes) is 3. The number of hydrogen-bond acceptors (Lipinski definition) is 8. The van der Waals surface area contributed by atoms with Gasteiger partial charge in [0, 0.05) is 47.4 Å². The number of hydrogen-bond donors (Lipinski definition) is 1. The van der Waals surface area contributed by atoms with Crippen molar-refractivity contribution in [1.82, 2.24) is 5.32 Å². The molecule has 0 unspecified atom stereocenters. The molecule has 0 saturated carbocycles. The van der Waals surface area contributed by atoms with E-state index in [-0.39, 0.29) is 11.5 Å². The van der Waals surface area contributed by atoms with Gasteiger partial charge < -0.3 is 19.7 Å². The van der Waals surface area contributed by atoms with Crippen LogP contribution in [0.2, 0.25) is 0 Å². The van der Waals surface area contributed by atoms with Gasteiger partial charge in [0.05, 0.1) is 34.2 Å². The molecule has 0 bridgehead atoms. The van der Waals surface area contributed by atoms with Crippen LogP contribution in [0.3, 0.4) is 0 Å². The van der Waals surface area contributed by atoms with E-state index in [0.717, 1.165) is 43.0 Å². The number of alkyl halides is 1. The number of ether oxygens (including phenoxy) is 2. The van der Waals surface area contributed by atoms with Crippen molar-refractivity contribution < 1.29 is 14.3 Å². The van der Waals surface area contributed by atoms with Crippen molar-refractivity contribution in [2.45, 2.75) is 25.7 Å². The van der Waals surface area contributed by atoms with Crippen LogP contribution in [0.25, 0.3) is 24.9 Å². The fourth-order valence-corrected chi connectivity index (χ4v) is 7.31. The fourth-order valence-electron chi connectivity index (χ4n) is 3.23. The molecule has 1 amide bonds. The van der Waals surface area contributed by atoms with Gasteiger partial charge in [0.15, 0.2) is 0 Å². The monoisotopic (exact) mass is 539 g/mol. The predicted octanol–water partition coefficient (Wildman–Crippen LogP) is 6.10. The molecule has 0 aromatic carbocycles. The van der Waals surface area contributed by atoms with Crippen molar-refractivity contribution in [2.24, 2.45) is 0 Å². The van der Waals surface area contributed by atoms with E-state index >= 15 is 0 Å². The van der Waals surface area contributed by atoms with Crippen LogP contribution in [0.1, 0.15) is 30.6 Å². The molecule has 1 N–H and O–H groups in total. The van der Waals surface area contributed by atoms with E-state index in [1.165, 1.54) is 23.8 Å². The van der Waals surface area contributed by atoms with Crippen LogP contribution in [0.15, 0.2) is 17.7 Å². The lowest BCUT2D eigenvalue weighted by atomic mass is 10.2. The summed E-state index contributed by atoms with van der Waals surface area (Å²) in [5.74, 6) is 0.340. The second-order valence-electron chi connectivity index (χ2n) is 7.87. The number of nitrogens with one attached hydrogen (secondary N) is 1. The minimum Gasteiger partial charge on any atom is -0.379 e. The predicted molar refractivity (Wildman–Crippen MR) is 147 cm³/mol. The Morgan fingerprint density at radius 2 is 1.74 bits per heavy atom. The van der Waals surface area contributed by atoms with Gasteiger partial charge >= 0.3 is 0 Å². The quantitative estimate of drug-likeness (QED) is 0.109. The summed E-state index contributed by atoms with van der Waals surface area (Å²) in [5.41, 5.74) is 0.0998. The van der Waals surface area contributed by atoms with Gasteiger partial charge in [0.1, 0.15) is 11.6 Å². The molecule has 0 radical (unpaired) electrons. The van der Waals surface area contributed by atoms with E-state index in [0.29, 0.717) is 26.4 Å². The number of amides is 1. The summed E-state index contributed by atoms with van der Waals surface area (Å²) >= 11 is 10.8. The van der Waals surface area contributed by atoms with E-state index in [2.05, 4.69) is 22.3 Å². The van der Waals surface area contributed by atoms with Gasteiger partial charge in [-0.15, -0.1) is 45.6 Å². The van der Waals surface area contributed by atoms with Crippen LogP contribution >= 0.6 is 45.6 Å². The van der Waals surface area contributed by atoms with E-state index < -0.39 is 0 Å². The summed E-state index contributed by atoms with van der Waals surface area (Å²) in [4.78, 5) is 15.4. The maximum Gasteiger partial charge on any atom is 0.262 e. The van der Waals surface area contributed by atoms with Gasteiger partial charge in [-0.2, -0.15) is 5.26 Å². The molecule has 0 atom stereocenters. The third kappa shape index (κ3) is 7.67. The summed E-state index contributed by atoms with van der Waals surface area (Å²) < 4.78 is 16.0. The maximum absolute atomic E-state index is 12.4. The minimum atomic E-state index is -0.382. The highest BCUT2D eigenvalue weighted by atomic mass is 35.5. The van der Waals surface area contributed by atoms with Gasteiger partial charge in [-0.1, -0.05) is 12.8 Å². The Kier molecular flexibility index (Phi) is 11.1. The minimum absolute atomic E-state index is 0.0998. The van der Waals surface area contributed by atoms with Gasteiger partial charge in [-0.25, -0.2) is 0 Å². The Hall–Kier alpha value is -1.67. The number of halogens is 1. The summed E-state index contributed by atoms with van der Waals surface area (Å²) in [6.07, 6.45) is 6.03. The summed E-state index contributed by atoms with van der Waals surface area (Å²) in [6.45, 7) is 2.47. The third-order valence-corrected chi connectivity index (χ3v) is 9.16. The molecule has 10 heteroatoms. The third-order valence-electron chi connectivity index (χ3n) is 5.00. The molecule has 0 aliphatic rings. The van der Waals surface area contributed by atoms with E-state index in [1.807, 2.05) is 20.2 Å². The molecule has 3 aromatic heterocycles. The first-order valence-corrected chi connectivity index (χ1v) is 14.3. The number of fused-ring (bicyclic) bond motifs is 3. The highest BCUT2D eigenvalue weighted by molar-refractivity contribution is 7.39. The average Bonchev–Trinajstić information content (AvgIpc) is 3.48. The van der Waals surface area contributed by atoms with Crippen molar-refractivity contribution in [3.05, 3.63) is 22.6 Å². The molecule has 3 aromatic rings. The van der Waals surface area contributed by atoms with Crippen molar-refractivity contribution in [1.29, 1.82) is 5.26 Å². The molecule has 3 heterocycles. The molecule has 0 spiro atoms. The highest BCUT2D eigenvalue weighted by Crippen LogP contribution is 2.46. The van der Waals surface area contributed by atoms with Crippen LogP contribution in [0, 0.1) is 11.3 Å². The lowest BCUT2D eigenvalue weighted by Crippen LogP contribution is -2.28. The molecule has 6 nitrogen and oxygen atoms in total. The Bertz CT molecular complexity index is 1140. The normalized spacial score (nSPS) is 11.9. The zero-order chi connectivity index (χ0) is 24.3. The van der Waals surface area contributed by atoms with Gasteiger partial charge in [-0.3, -0.25) is 4.79 Å². The zero-order valence-corrected chi connectivity index (χ0v) is 22.7. The Morgan fingerprint density at radius 1 is 1.03 bits per heavy atom. The summed E-state index contributed by atoms with van der Waals surface area (Å²) in [5, 5.41) is 13.5. The number of nitriles is 1. The summed E-state index contributed by atoms with van der Waals surface area (Å²) in [6, 6.07) is 6.29. The number of anilines is 1. The molecular formula is C24H30ClN3O3S3. The van der Waals surface area contributed by atoms with Crippen molar-refractivity contribution in [2.75, 3.05) is 57.8 Å². The number of rotatable bonds is 15. The largest absolute Gasteiger partial charge is 0.379 e. The van der Waals surface area contributed by atoms with Crippen LogP contribution in [0.4, 0.5) is 5.00 Å². The molecule has 3 rings (SSSR count). The van der Waals surface area contributed by atoms with Gasteiger partial charge in [0.2, 0.25) is 0 Å². The second-order valence-corrected chi connectivity index (χ2v) is 11.4. The van der Waals surface area contributed by atoms with Crippen molar-refractivity contribution >= 4 is 81.4 Å². The first kappa shape index (κ1) is 26.9. The highest BCUT2D eigenvalue weighted by Gasteiger charge is 2.15. The molecule has 0 aliphatic carbocycles. The van der Waals surface area contributed by atoms with E-state index in [9.17, 15) is 10.1 Å². The first-order valence-electron chi connectivity index (χ1n) is 11.3. The average molecular weight is 540 g/mol. The molecular weight excluding hydrogens is 510 g/mol. The fraction of sp³-hybridized carbons (Fsp3) is 0.500. The molecule has 0 aliphatic heterocycles. The van der Waals surface area contributed by atoms with Crippen molar-refractivity contribution in [3.8, 4) is 6.07 Å². The molecule has 184 valence electrons. The summed E-state index contributed by atoms with van der Waals surface area (Å²) in [7, 11) is 4.08. The number of nitrogens with zero attached hydrogens (tertiary/aromatic N) is 2. The maximum atomic E-state index is 12.4. The Balaban J connectivity index is 1.40. The topological polar surface area (TPSA) is 74.6 Å². The standard InChI is InChI=1S/C24H30ClN3O3S3/c1-28(2)21-15-20-23(34-21)22-19(33-20)14-18(32-22)13-17(16-26)24(29)27-8-10-31-12-11-30-9-6-4-3-5-7-25/h13-15H,3-12H2,1-2H3,(H,27,29)/b17-13+. The number of thiophene rings is 3. The Morgan fingerprint density at radius 3 is 2.47 bits per heavy atom. The van der Waals surface area contributed by atoms with Crippen LogP contribution in [0.5, 0.6) is 0 Å². The van der Waals surface area contributed by atoms with Crippen molar-refractivity contribution in [3.63, 3.8) is 0 Å². The van der Waals surface area contributed by atoms with E-state index in [4.69, 9.17) is 21.1 Å². The lowest BCUT2D eigenvalue weighted by Gasteiger charge is -2.07. The van der Waals surface area contributed by atoms with Gasteiger partial charge in [-0.05, 0) is 31.1 Å². The second kappa shape index (κ2) is 14.0. The number of carbonyl (C=O) groups is 1. The molecule has 0 saturated heterocycles. The number of carbonyl (C=O) groups excluding carboxylic acids is 1. The molecule has 0 fully saturated rings. The van der Waals surface area contributed by atoms with E-state index in [1.54, 1.807) is 40.1 Å². The van der Waals surface area contributed by atoms with Gasteiger partial charge in [0.25, 0.3) is 5.91 Å². The first-order chi connectivity index (χ1) is 16.5. The molecule has 34 heavy (non-hydrogen) atoms. The van der Waals surface area contributed by atoms with Crippen LogP contribution in [-0.4, -0.2) is 58.9 Å². The van der Waals surface area contributed by atoms with Crippen LogP contribution < -0.4 is 10.2 Å². The zero-order valence-electron chi connectivity index (χ0n) is 19.5. The lowest BCUT2D eigenvalue weighted by molar-refractivity contribution is -0.117. The smallest absolute Gasteiger partial charge is 0.262 e. The Labute approximate surface area is 217 Å².